The fourth-order valence-electron chi connectivity index (χ4n) is 4.87. The molecule has 0 spiro atoms. The lowest BCUT2D eigenvalue weighted by atomic mass is 9.49. The highest BCUT2D eigenvalue weighted by Crippen LogP contribution is 2.66. The van der Waals surface area contributed by atoms with Gasteiger partial charge in [-0.25, -0.2) is 0 Å². The molecule has 0 saturated heterocycles. The Kier molecular flexibility index (Phi) is 2.52. The molecule has 0 aromatic carbocycles. The predicted octanol–water partition coefficient (Wildman–Crippen LogP) is 1.47. The standard InChI is InChI=1S/C15H24O3/c1-14(2)5-8-11(6-14)15(3)10(4-12(15)17)9(7-16)13(8)18/h8,11-13,16-18H,4-7H2,1-3H3/t8-,11+,12-,13-,15+/m1/s1. The van der Waals surface area contributed by atoms with Crippen LogP contribution in [0.25, 0.3) is 0 Å². The summed E-state index contributed by atoms with van der Waals surface area (Å²) >= 11 is 0. The van der Waals surface area contributed by atoms with E-state index in [9.17, 15) is 15.3 Å². The maximum Gasteiger partial charge on any atom is 0.0806 e. The van der Waals surface area contributed by atoms with Crippen LogP contribution >= 0.6 is 0 Å². The zero-order chi connectivity index (χ0) is 13.3. The van der Waals surface area contributed by atoms with Gasteiger partial charge in [0.2, 0.25) is 0 Å². The van der Waals surface area contributed by atoms with Gasteiger partial charge in [0.05, 0.1) is 18.8 Å². The third-order valence-electron chi connectivity index (χ3n) is 5.91. The first-order valence-electron chi connectivity index (χ1n) is 7.00. The lowest BCUT2D eigenvalue weighted by Gasteiger charge is -2.57. The highest BCUT2D eigenvalue weighted by Gasteiger charge is 2.62. The van der Waals surface area contributed by atoms with E-state index in [2.05, 4.69) is 20.8 Å². The summed E-state index contributed by atoms with van der Waals surface area (Å²) in [4.78, 5) is 0. The highest BCUT2D eigenvalue weighted by atomic mass is 16.3. The number of fused-ring (bicyclic) bond motifs is 3. The Bertz CT molecular complexity index is 412. The Morgan fingerprint density at radius 2 is 1.83 bits per heavy atom. The number of aliphatic hydroxyl groups excluding tert-OH is 3. The summed E-state index contributed by atoms with van der Waals surface area (Å²) in [5.41, 5.74) is 1.95. The zero-order valence-electron chi connectivity index (χ0n) is 11.5. The minimum atomic E-state index is -0.502. The van der Waals surface area contributed by atoms with Crippen LogP contribution in [0.15, 0.2) is 11.1 Å². The molecule has 2 saturated carbocycles. The summed E-state index contributed by atoms with van der Waals surface area (Å²) in [6, 6.07) is 0. The molecule has 0 heterocycles. The molecule has 0 amide bonds. The molecule has 3 rings (SSSR count). The first kappa shape index (κ1) is 12.6. The third kappa shape index (κ3) is 1.36. The molecule has 18 heavy (non-hydrogen) atoms. The second kappa shape index (κ2) is 3.59. The highest BCUT2D eigenvalue weighted by molar-refractivity contribution is 5.40. The van der Waals surface area contributed by atoms with Crippen molar-refractivity contribution in [2.24, 2.45) is 22.7 Å². The molecule has 5 atom stereocenters. The topological polar surface area (TPSA) is 60.7 Å². The minimum absolute atomic E-state index is 0.0670. The summed E-state index contributed by atoms with van der Waals surface area (Å²) in [7, 11) is 0. The van der Waals surface area contributed by atoms with E-state index >= 15 is 0 Å². The van der Waals surface area contributed by atoms with Crippen molar-refractivity contribution in [3.05, 3.63) is 11.1 Å². The summed E-state index contributed by atoms with van der Waals surface area (Å²) < 4.78 is 0. The average Bonchev–Trinajstić information content (AvgIpc) is 2.63. The van der Waals surface area contributed by atoms with Gasteiger partial charge in [-0.1, -0.05) is 26.3 Å². The van der Waals surface area contributed by atoms with Gasteiger partial charge in [0.25, 0.3) is 0 Å². The molecule has 0 radical (unpaired) electrons. The van der Waals surface area contributed by atoms with E-state index in [1.807, 2.05) is 0 Å². The Hall–Kier alpha value is -0.380. The third-order valence-corrected chi connectivity index (χ3v) is 5.91. The molecule has 3 nitrogen and oxygen atoms in total. The Labute approximate surface area is 109 Å². The van der Waals surface area contributed by atoms with Crippen LogP contribution in [-0.2, 0) is 0 Å². The summed E-state index contributed by atoms with van der Waals surface area (Å²) in [6.07, 6.45) is 1.87. The number of aliphatic hydroxyl groups is 3. The molecule has 0 aromatic rings. The smallest absolute Gasteiger partial charge is 0.0806 e. The van der Waals surface area contributed by atoms with Crippen molar-refractivity contribution in [2.75, 3.05) is 6.61 Å². The first-order chi connectivity index (χ1) is 8.31. The molecule has 3 aliphatic rings. The van der Waals surface area contributed by atoms with Gasteiger partial charge in [-0.05, 0) is 42.1 Å². The molecular formula is C15H24O3. The van der Waals surface area contributed by atoms with Crippen molar-refractivity contribution in [1.82, 2.24) is 0 Å². The Morgan fingerprint density at radius 1 is 1.17 bits per heavy atom. The van der Waals surface area contributed by atoms with Crippen molar-refractivity contribution in [2.45, 2.75) is 52.2 Å². The monoisotopic (exact) mass is 252 g/mol. The summed E-state index contributed by atoms with van der Waals surface area (Å²) in [5, 5.41) is 30.3. The van der Waals surface area contributed by atoms with Crippen molar-refractivity contribution < 1.29 is 15.3 Å². The maximum absolute atomic E-state index is 10.5. The lowest BCUT2D eigenvalue weighted by molar-refractivity contribution is -0.0813. The van der Waals surface area contributed by atoms with E-state index in [1.165, 1.54) is 0 Å². The van der Waals surface area contributed by atoms with Gasteiger partial charge in [-0.3, -0.25) is 0 Å². The van der Waals surface area contributed by atoms with Gasteiger partial charge in [-0.15, -0.1) is 0 Å². The SMILES string of the molecule is CC1(C)C[C@H]2[C@@H](O)C(CO)=C3C[C@@H](O)[C@]3(C)[C@H]2C1. The zero-order valence-corrected chi connectivity index (χ0v) is 11.5. The Morgan fingerprint density at radius 3 is 2.39 bits per heavy atom. The van der Waals surface area contributed by atoms with Crippen molar-refractivity contribution in [1.29, 1.82) is 0 Å². The van der Waals surface area contributed by atoms with Crippen molar-refractivity contribution >= 4 is 0 Å². The molecule has 102 valence electrons. The normalized spacial score (nSPS) is 49.7. The van der Waals surface area contributed by atoms with E-state index < -0.39 is 6.10 Å². The molecule has 0 aliphatic heterocycles. The molecule has 3 N–H and O–H groups in total. The summed E-state index contributed by atoms with van der Waals surface area (Å²) in [6.45, 7) is 6.54. The fourth-order valence-corrected chi connectivity index (χ4v) is 4.87. The van der Waals surface area contributed by atoms with Gasteiger partial charge in [0.1, 0.15) is 0 Å². The average molecular weight is 252 g/mol. The minimum Gasteiger partial charge on any atom is -0.392 e. The number of rotatable bonds is 1. The number of hydrogen-bond donors (Lipinski definition) is 3. The van der Waals surface area contributed by atoms with Crippen molar-refractivity contribution in [3.63, 3.8) is 0 Å². The molecule has 3 aliphatic carbocycles. The number of hydrogen-bond acceptors (Lipinski definition) is 3. The largest absolute Gasteiger partial charge is 0.392 e. The molecule has 0 aromatic heterocycles. The second-order valence-corrected chi connectivity index (χ2v) is 7.45. The molecule has 3 heteroatoms. The predicted molar refractivity (Wildman–Crippen MR) is 68.8 cm³/mol. The molecular weight excluding hydrogens is 228 g/mol. The van der Waals surface area contributed by atoms with Crippen molar-refractivity contribution in [3.8, 4) is 0 Å². The van der Waals surface area contributed by atoms with Gasteiger partial charge in [0.15, 0.2) is 0 Å². The van der Waals surface area contributed by atoms with E-state index in [-0.39, 0.29) is 29.5 Å². The van der Waals surface area contributed by atoms with E-state index in [1.54, 1.807) is 0 Å². The molecule has 0 bridgehead atoms. The fraction of sp³-hybridized carbons (Fsp3) is 0.867. The second-order valence-electron chi connectivity index (χ2n) is 7.45. The van der Waals surface area contributed by atoms with Crippen LogP contribution in [0.4, 0.5) is 0 Å². The van der Waals surface area contributed by atoms with Gasteiger partial charge < -0.3 is 15.3 Å². The maximum atomic E-state index is 10.5. The van der Waals surface area contributed by atoms with Crippen LogP contribution < -0.4 is 0 Å². The van der Waals surface area contributed by atoms with Gasteiger partial charge in [-0.2, -0.15) is 0 Å². The molecule has 0 unspecified atom stereocenters. The van der Waals surface area contributed by atoms with Gasteiger partial charge >= 0.3 is 0 Å². The van der Waals surface area contributed by atoms with E-state index in [0.717, 1.165) is 24.0 Å². The summed E-state index contributed by atoms with van der Waals surface area (Å²) in [5.74, 6) is 0.558. The van der Waals surface area contributed by atoms with E-state index in [0.29, 0.717) is 12.3 Å². The van der Waals surface area contributed by atoms with Gasteiger partial charge in [0, 0.05) is 5.41 Å². The lowest BCUT2D eigenvalue weighted by Crippen LogP contribution is -2.57. The van der Waals surface area contributed by atoms with E-state index in [4.69, 9.17) is 0 Å². The van der Waals surface area contributed by atoms with Crippen LogP contribution in [0.5, 0.6) is 0 Å². The van der Waals surface area contributed by atoms with Crippen LogP contribution in [0, 0.1) is 22.7 Å². The molecule has 2 fully saturated rings. The van der Waals surface area contributed by atoms with Crippen LogP contribution in [0.3, 0.4) is 0 Å². The first-order valence-corrected chi connectivity index (χ1v) is 7.00. The Balaban J connectivity index is 2.06. The van der Waals surface area contributed by atoms with Crippen LogP contribution in [-0.4, -0.2) is 34.1 Å². The quantitative estimate of drug-likeness (QED) is 0.619. The van der Waals surface area contributed by atoms with Crippen LogP contribution in [0.1, 0.15) is 40.0 Å². The van der Waals surface area contributed by atoms with Crippen LogP contribution in [0.2, 0.25) is 0 Å².